The summed E-state index contributed by atoms with van der Waals surface area (Å²) in [5.74, 6) is 1.46. The normalized spacial score (nSPS) is 21.8. The summed E-state index contributed by atoms with van der Waals surface area (Å²) >= 11 is 0. The van der Waals surface area contributed by atoms with Crippen LogP contribution in [0.25, 0.3) is 0 Å². The minimum atomic E-state index is 0.0365. The van der Waals surface area contributed by atoms with E-state index in [1.165, 1.54) is 0 Å². The minimum absolute atomic E-state index is 0.0365. The first-order valence-electron chi connectivity index (χ1n) is 7.88. The van der Waals surface area contributed by atoms with Crippen LogP contribution in [0.4, 0.5) is 0 Å². The summed E-state index contributed by atoms with van der Waals surface area (Å²) in [7, 11) is 0. The second-order valence-electron chi connectivity index (χ2n) is 6.16. The molecule has 2 saturated heterocycles. The fourth-order valence-corrected chi connectivity index (χ4v) is 3.14. The highest BCUT2D eigenvalue weighted by atomic mass is 16.2. The molecule has 2 amide bonds. The van der Waals surface area contributed by atoms with Crippen LogP contribution in [0.2, 0.25) is 0 Å². The standard InChI is InChI=1S/C15H27N3O2/c1-12(19)17-11-14-4-8-18(9-5-14)15(20)10-13-2-6-16-7-3-13/h13-14,16H,2-11H2,1H3,(H,17,19). The number of hydrogen-bond donors (Lipinski definition) is 2. The van der Waals surface area contributed by atoms with Crippen molar-refractivity contribution in [2.75, 3.05) is 32.7 Å². The molecule has 20 heavy (non-hydrogen) atoms. The van der Waals surface area contributed by atoms with Gasteiger partial charge in [-0.15, -0.1) is 0 Å². The number of nitrogens with one attached hydrogen (secondary N) is 2. The lowest BCUT2D eigenvalue weighted by Crippen LogP contribution is -2.42. The van der Waals surface area contributed by atoms with E-state index in [1.54, 1.807) is 6.92 Å². The van der Waals surface area contributed by atoms with Gasteiger partial charge >= 0.3 is 0 Å². The van der Waals surface area contributed by atoms with Gasteiger partial charge in [-0.1, -0.05) is 0 Å². The van der Waals surface area contributed by atoms with E-state index in [1.807, 2.05) is 4.90 Å². The molecule has 0 atom stereocenters. The van der Waals surface area contributed by atoms with Crippen molar-refractivity contribution in [1.82, 2.24) is 15.5 Å². The van der Waals surface area contributed by atoms with Gasteiger partial charge in [0.1, 0.15) is 0 Å². The molecule has 0 aromatic heterocycles. The number of hydrogen-bond acceptors (Lipinski definition) is 3. The predicted molar refractivity (Wildman–Crippen MR) is 78.2 cm³/mol. The van der Waals surface area contributed by atoms with Crippen molar-refractivity contribution in [1.29, 1.82) is 0 Å². The van der Waals surface area contributed by atoms with Gasteiger partial charge in [-0.2, -0.15) is 0 Å². The van der Waals surface area contributed by atoms with Crippen molar-refractivity contribution >= 4 is 11.8 Å². The predicted octanol–water partition coefficient (Wildman–Crippen LogP) is 0.751. The van der Waals surface area contributed by atoms with Gasteiger partial charge in [0.25, 0.3) is 0 Å². The molecule has 0 spiro atoms. The molecule has 0 saturated carbocycles. The lowest BCUT2D eigenvalue weighted by Gasteiger charge is -2.33. The molecule has 5 nitrogen and oxygen atoms in total. The average Bonchev–Trinajstić information content (AvgIpc) is 2.46. The van der Waals surface area contributed by atoms with Crippen LogP contribution in [0.3, 0.4) is 0 Å². The van der Waals surface area contributed by atoms with E-state index in [0.717, 1.165) is 64.8 Å². The Bertz CT molecular complexity index is 332. The van der Waals surface area contributed by atoms with Crippen LogP contribution in [0, 0.1) is 11.8 Å². The van der Waals surface area contributed by atoms with Gasteiger partial charge in [-0.05, 0) is 50.6 Å². The van der Waals surface area contributed by atoms with Crippen molar-refractivity contribution in [2.24, 2.45) is 11.8 Å². The van der Waals surface area contributed by atoms with E-state index < -0.39 is 0 Å². The summed E-state index contributed by atoms with van der Waals surface area (Å²) in [5.41, 5.74) is 0. The molecule has 0 unspecified atom stereocenters. The number of amides is 2. The summed E-state index contributed by atoms with van der Waals surface area (Å²) in [6.45, 7) is 6.12. The van der Waals surface area contributed by atoms with E-state index >= 15 is 0 Å². The molecule has 2 heterocycles. The number of carbonyl (C=O) groups is 2. The summed E-state index contributed by atoms with van der Waals surface area (Å²) in [6, 6.07) is 0. The van der Waals surface area contributed by atoms with E-state index in [9.17, 15) is 9.59 Å². The van der Waals surface area contributed by atoms with Crippen LogP contribution in [0.15, 0.2) is 0 Å². The van der Waals surface area contributed by atoms with Crippen molar-refractivity contribution in [3.8, 4) is 0 Å². The van der Waals surface area contributed by atoms with E-state index in [0.29, 0.717) is 17.7 Å². The van der Waals surface area contributed by atoms with Gasteiger partial charge in [0.2, 0.25) is 11.8 Å². The highest BCUT2D eigenvalue weighted by molar-refractivity contribution is 5.76. The highest BCUT2D eigenvalue weighted by Crippen LogP contribution is 2.21. The quantitative estimate of drug-likeness (QED) is 0.799. The Morgan fingerprint density at radius 2 is 1.75 bits per heavy atom. The SMILES string of the molecule is CC(=O)NCC1CCN(C(=O)CC2CCNCC2)CC1. The average molecular weight is 281 g/mol. The van der Waals surface area contributed by atoms with E-state index in [2.05, 4.69) is 10.6 Å². The zero-order chi connectivity index (χ0) is 14.4. The zero-order valence-corrected chi connectivity index (χ0v) is 12.5. The van der Waals surface area contributed by atoms with Gasteiger partial charge in [-0.25, -0.2) is 0 Å². The second-order valence-corrected chi connectivity index (χ2v) is 6.16. The lowest BCUT2D eigenvalue weighted by atomic mass is 9.92. The maximum absolute atomic E-state index is 12.3. The smallest absolute Gasteiger partial charge is 0.222 e. The van der Waals surface area contributed by atoms with Crippen LogP contribution in [-0.4, -0.2) is 49.4 Å². The number of rotatable bonds is 4. The minimum Gasteiger partial charge on any atom is -0.356 e. The van der Waals surface area contributed by atoms with Crippen molar-refractivity contribution in [3.05, 3.63) is 0 Å². The molecule has 114 valence electrons. The molecular weight excluding hydrogens is 254 g/mol. The van der Waals surface area contributed by atoms with Crippen LogP contribution < -0.4 is 10.6 Å². The molecule has 0 radical (unpaired) electrons. The largest absolute Gasteiger partial charge is 0.356 e. The van der Waals surface area contributed by atoms with Crippen molar-refractivity contribution in [2.45, 2.75) is 39.0 Å². The fourth-order valence-electron chi connectivity index (χ4n) is 3.14. The molecular formula is C15H27N3O2. The maximum Gasteiger partial charge on any atom is 0.222 e. The summed E-state index contributed by atoms with van der Waals surface area (Å²) in [6.07, 6.45) is 5.00. The van der Waals surface area contributed by atoms with E-state index in [4.69, 9.17) is 0 Å². The summed E-state index contributed by atoms with van der Waals surface area (Å²) < 4.78 is 0. The molecule has 2 aliphatic heterocycles. The van der Waals surface area contributed by atoms with Gasteiger partial charge in [-0.3, -0.25) is 9.59 Å². The third-order valence-corrected chi connectivity index (χ3v) is 4.53. The highest BCUT2D eigenvalue weighted by Gasteiger charge is 2.25. The molecule has 0 bridgehead atoms. The number of likely N-dealkylation sites (tertiary alicyclic amines) is 1. The first-order chi connectivity index (χ1) is 9.65. The van der Waals surface area contributed by atoms with E-state index in [-0.39, 0.29) is 5.91 Å². The molecule has 2 N–H and O–H groups in total. The molecule has 2 rings (SSSR count). The first-order valence-corrected chi connectivity index (χ1v) is 7.88. The van der Waals surface area contributed by atoms with Crippen LogP contribution in [0.1, 0.15) is 39.0 Å². The lowest BCUT2D eigenvalue weighted by molar-refractivity contribution is -0.134. The Morgan fingerprint density at radius 3 is 2.35 bits per heavy atom. The van der Waals surface area contributed by atoms with Crippen LogP contribution in [-0.2, 0) is 9.59 Å². The molecule has 2 aliphatic rings. The maximum atomic E-state index is 12.3. The molecule has 0 aromatic carbocycles. The topological polar surface area (TPSA) is 61.4 Å². The van der Waals surface area contributed by atoms with Gasteiger partial charge in [0.05, 0.1) is 0 Å². The molecule has 0 aromatic rings. The molecule has 0 aliphatic carbocycles. The van der Waals surface area contributed by atoms with Crippen molar-refractivity contribution < 1.29 is 9.59 Å². The monoisotopic (exact) mass is 281 g/mol. The van der Waals surface area contributed by atoms with Gasteiger partial charge in [0, 0.05) is 33.0 Å². The second kappa shape index (κ2) is 7.62. The van der Waals surface area contributed by atoms with Crippen LogP contribution in [0.5, 0.6) is 0 Å². The number of nitrogens with zero attached hydrogens (tertiary/aromatic N) is 1. The van der Waals surface area contributed by atoms with Gasteiger partial charge < -0.3 is 15.5 Å². The number of piperidine rings is 2. The third kappa shape index (κ3) is 4.78. The molecule has 5 heteroatoms. The summed E-state index contributed by atoms with van der Waals surface area (Å²) in [4.78, 5) is 25.2. The molecule has 2 fully saturated rings. The van der Waals surface area contributed by atoms with Crippen molar-refractivity contribution in [3.63, 3.8) is 0 Å². The Labute approximate surface area is 121 Å². The fraction of sp³-hybridized carbons (Fsp3) is 0.867. The number of carbonyl (C=O) groups excluding carboxylic acids is 2. The van der Waals surface area contributed by atoms with Crippen LogP contribution >= 0.6 is 0 Å². The Hall–Kier alpha value is -1.10. The Balaban J connectivity index is 1.67. The Morgan fingerprint density at radius 1 is 1.10 bits per heavy atom. The zero-order valence-electron chi connectivity index (χ0n) is 12.5. The van der Waals surface area contributed by atoms with Gasteiger partial charge in [0.15, 0.2) is 0 Å². The Kier molecular flexibility index (Phi) is 5.83. The summed E-state index contributed by atoms with van der Waals surface area (Å²) in [5, 5.41) is 6.21. The third-order valence-electron chi connectivity index (χ3n) is 4.53. The first kappa shape index (κ1) is 15.3.